The molecule has 1 heterocycles. The zero-order valence-electron chi connectivity index (χ0n) is 14.9. The van der Waals surface area contributed by atoms with Crippen LogP contribution in [-0.4, -0.2) is 33.9 Å². The zero-order valence-corrected chi connectivity index (χ0v) is 14.9. The lowest BCUT2D eigenvalue weighted by molar-refractivity contribution is 0.0233. The van der Waals surface area contributed by atoms with Gasteiger partial charge in [0.05, 0.1) is 0 Å². The van der Waals surface area contributed by atoms with Crippen molar-refractivity contribution in [1.82, 2.24) is 9.88 Å². The first kappa shape index (κ1) is 18.6. The Kier molecular flexibility index (Phi) is 6.28. The molecule has 1 aromatic carbocycles. The van der Waals surface area contributed by atoms with Crippen LogP contribution in [-0.2, 0) is 11.3 Å². The monoisotopic (exact) mass is 340 g/mol. The minimum Gasteiger partial charge on any atom is -0.444 e. The van der Waals surface area contributed by atoms with Crippen molar-refractivity contribution in [2.45, 2.75) is 39.3 Å². The van der Waals surface area contributed by atoms with Gasteiger partial charge in [0.15, 0.2) is 5.78 Å². The number of benzene rings is 1. The summed E-state index contributed by atoms with van der Waals surface area (Å²) in [6.45, 7) is 6.14. The Balaban J connectivity index is 2.05. The van der Waals surface area contributed by atoms with Gasteiger partial charge in [0.2, 0.25) is 0 Å². The first-order valence-corrected chi connectivity index (χ1v) is 8.31. The van der Waals surface area contributed by atoms with Crippen LogP contribution in [0.25, 0.3) is 0 Å². The fourth-order valence-electron chi connectivity index (χ4n) is 2.26. The Labute approximate surface area is 148 Å². The van der Waals surface area contributed by atoms with E-state index in [0.717, 1.165) is 5.56 Å². The van der Waals surface area contributed by atoms with Gasteiger partial charge in [-0.2, -0.15) is 0 Å². The maximum atomic E-state index is 12.5. The standard InChI is InChI=1S/C20H24N2O3/c1-20(2,3)25-19(24)22(15-16-9-5-4-6-10-16)14-12-18(23)17-11-7-8-13-21-17/h4-11,13H,12,14-15H2,1-3H3. The third kappa shape index (κ3) is 6.37. The lowest BCUT2D eigenvalue weighted by Crippen LogP contribution is -2.37. The summed E-state index contributed by atoms with van der Waals surface area (Å²) in [6, 6.07) is 14.9. The van der Waals surface area contributed by atoms with Crippen LogP contribution < -0.4 is 0 Å². The van der Waals surface area contributed by atoms with Crippen LogP contribution in [0.3, 0.4) is 0 Å². The topological polar surface area (TPSA) is 59.5 Å². The minimum atomic E-state index is -0.586. The van der Waals surface area contributed by atoms with E-state index in [0.29, 0.717) is 12.2 Å². The van der Waals surface area contributed by atoms with Crippen molar-refractivity contribution in [3.8, 4) is 0 Å². The number of Topliss-reactive ketones (excluding diaryl/α,β-unsaturated/α-hetero) is 1. The zero-order chi connectivity index (χ0) is 18.3. The minimum absolute atomic E-state index is 0.0952. The molecule has 25 heavy (non-hydrogen) atoms. The highest BCUT2D eigenvalue weighted by atomic mass is 16.6. The SMILES string of the molecule is CC(C)(C)OC(=O)N(CCC(=O)c1ccccn1)Cc1ccccc1. The predicted octanol–water partition coefficient (Wildman–Crippen LogP) is 4.09. The van der Waals surface area contributed by atoms with E-state index in [2.05, 4.69) is 4.98 Å². The third-order valence-corrected chi connectivity index (χ3v) is 3.43. The van der Waals surface area contributed by atoms with E-state index in [1.165, 1.54) is 0 Å². The largest absolute Gasteiger partial charge is 0.444 e. The normalized spacial score (nSPS) is 11.0. The molecule has 2 aromatic rings. The lowest BCUT2D eigenvalue weighted by atomic mass is 10.1. The lowest BCUT2D eigenvalue weighted by Gasteiger charge is -2.27. The van der Waals surface area contributed by atoms with E-state index >= 15 is 0 Å². The Bertz CT molecular complexity index is 694. The number of pyridine rings is 1. The van der Waals surface area contributed by atoms with Gasteiger partial charge in [0, 0.05) is 25.7 Å². The van der Waals surface area contributed by atoms with Crippen LogP contribution in [0, 0.1) is 0 Å². The van der Waals surface area contributed by atoms with Crippen LogP contribution in [0.15, 0.2) is 54.7 Å². The van der Waals surface area contributed by atoms with E-state index in [4.69, 9.17) is 4.74 Å². The summed E-state index contributed by atoms with van der Waals surface area (Å²) < 4.78 is 5.47. The van der Waals surface area contributed by atoms with Crippen molar-refractivity contribution in [3.63, 3.8) is 0 Å². The summed E-state index contributed by atoms with van der Waals surface area (Å²) in [5, 5.41) is 0. The maximum absolute atomic E-state index is 12.5. The predicted molar refractivity (Wildman–Crippen MR) is 96.3 cm³/mol. The number of aromatic nitrogens is 1. The second-order valence-electron chi connectivity index (χ2n) is 6.78. The van der Waals surface area contributed by atoms with Gasteiger partial charge < -0.3 is 9.64 Å². The fourth-order valence-corrected chi connectivity index (χ4v) is 2.26. The molecule has 0 atom stereocenters. The number of carbonyl (C=O) groups is 2. The maximum Gasteiger partial charge on any atom is 0.410 e. The van der Waals surface area contributed by atoms with E-state index in [1.807, 2.05) is 51.1 Å². The molecule has 132 valence electrons. The molecule has 0 unspecified atom stereocenters. The van der Waals surface area contributed by atoms with Crippen LogP contribution in [0.5, 0.6) is 0 Å². The van der Waals surface area contributed by atoms with Gasteiger partial charge in [0.1, 0.15) is 11.3 Å². The molecule has 0 aliphatic rings. The highest BCUT2D eigenvalue weighted by Gasteiger charge is 2.23. The molecule has 0 saturated carbocycles. The smallest absolute Gasteiger partial charge is 0.410 e. The molecule has 0 radical (unpaired) electrons. The van der Waals surface area contributed by atoms with Crippen LogP contribution in [0.1, 0.15) is 43.2 Å². The van der Waals surface area contributed by atoms with E-state index in [-0.39, 0.29) is 18.7 Å². The molecule has 0 aliphatic heterocycles. The van der Waals surface area contributed by atoms with Gasteiger partial charge in [-0.3, -0.25) is 9.78 Å². The van der Waals surface area contributed by atoms with Crippen molar-refractivity contribution >= 4 is 11.9 Å². The molecule has 0 N–H and O–H groups in total. The molecule has 1 amide bonds. The van der Waals surface area contributed by atoms with E-state index in [9.17, 15) is 9.59 Å². The number of carbonyl (C=O) groups excluding carboxylic acids is 2. The number of hydrogen-bond acceptors (Lipinski definition) is 4. The second kappa shape index (κ2) is 8.42. The van der Waals surface area contributed by atoms with Crippen molar-refractivity contribution in [2.75, 3.05) is 6.54 Å². The van der Waals surface area contributed by atoms with Crippen LogP contribution >= 0.6 is 0 Å². The van der Waals surface area contributed by atoms with Crippen LogP contribution in [0.2, 0.25) is 0 Å². The van der Waals surface area contributed by atoms with Crippen LogP contribution in [0.4, 0.5) is 4.79 Å². The number of hydrogen-bond donors (Lipinski definition) is 0. The number of ether oxygens (including phenoxy) is 1. The average Bonchev–Trinajstić information content (AvgIpc) is 2.58. The number of amides is 1. The summed E-state index contributed by atoms with van der Waals surface area (Å²) in [7, 11) is 0. The fraction of sp³-hybridized carbons (Fsp3) is 0.350. The first-order valence-electron chi connectivity index (χ1n) is 8.31. The number of ketones is 1. The highest BCUT2D eigenvalue weighted by Crippen LogP contribution is 2.14. The molecule has 5 heteroatoms. The summed E-state index contributed by atoms with van der Waals surface area (Å²) in [5.41, 5.74) is 0.807. The first-order chi connectivity index (χ1) is 11.8. The molecule has 2 rings (SSSR count). The van der Waals surface area contributed by atoms with Crippen molar-refractivity contribution in [2.24, 2.45) is 0 Å². The van der Waals surface area contributed by atoms with Crippen molar-refractivity contribution in [1.29, 1.82) is 0 Å². The molecule has 0 fully saturated rings. The summed E-state index contributed by atoms with van der Waals surface area (Å²) in [6.07, 6.45) is 1.36. The van der Waals surface area contributed by atoms with E-state index < -0.39 is 11.7 Å². The average molecular weight is 340 g/mol. The van der Waals surface area contributed by atoms with Gasteiger partial charge in [-0.15, -0.1) is 0 Å². The molecule has 1 aromatic heterocycles. The molecule has 0 saturated heterocycles. The van der Waals surface area contributed by atoms with Crippen molar-refractivity contribution in [3.05, 3.63) is 66.0 Å². The molecule has 0 aliphatic carbocycles. The summed E-state index contributed by atoms with van der Waals surface area (Å²) >= 11 is 0. The molecular weight excluding hydrogens is 316 g/mol. The van der Waals surface area contributed by atoms with Crippen molar-refractivity contribution < 1.29 is 14.3 Å². The third-order valence-electron chi connectivity index (χ3n) is 3.43. The molecular formula is C20H24N2O3. The Morgan fingerprint density at radius 3 is 2.32 bits per heavy atom. The van der Waals surface area contributed by atoms with Gasteiger partial charge in [-0.05, 0) is 38.5 Å². The summed E-state index contributed by atoms with van der Waals surface area (Å²) in [4.78, 5) is 30.4. The second-order valence-corrected chi connectivity index (χ2v) is 6.78. The van der Waals surface area contributed by atoms with Gasteiger partial charge in [0.25, 0.3) is 0 Å². The Morgan fingerprint density at radius 1 is 1.04 bits per heavy atom. The van der Waals surface area contributed by atoms with Gasteiger partial charge in [-0.25, -0.2) is 4.79 Å². The molecule has 5 nitrogen and oxygen atoms in total. The quantitative estimate of drug-likeness (QED) is 0.743. The summed E-state index contributed by atoms with van der Waals surface area (Å²) in [5.74, 6) is -0.0952. The molecule has 0 spiro atoms. The van der Waals surface area contributed by atoms with Gasteiger partial charge >= 0.3 is 6.09 Å². The van der Waals surface area contributed by atoms with E-state index in [1.54, 1.807) is 29.3 Å². The molecule has 0 bridgehead atoms. The number of nitrogens with zero attached hydrogens (tertiary/aromatic N) is 2. The number of rotatable bonds is 6. The van der Waals surface area contributed by atoms with Gasteiger partial charge in [-0.1, -0.05) is 36.4 Å². The highest BCUT2D eigenvalue weighted by molar-refractivity contribution is 5.94. The Hall–Kier alpha value is -2.69. The Morgan fingerprint density at radius 2 is 1.72 bits per heavy atom.